The van der Waals surface area contributed by atoms with Gasteiger partial charge >= 0.3 is 0 Å². The van der Waals surface area contributed by atoms with Crippen LogP contribution in [-0.2, 0) is 0 Å². The van der Waals surface area contributed by atoms with Crippen molar-refractivity contribution in [1.82, 2.24) is 19.7 Å². The highest BCUT2D eigenvalue weighted by Gasteiger charge is 2.18. The first-order valence-electron chi connectivity index (χ1n) is 6.57. The maximum atomic E-state index is 9.48. The molecule has 0 saturated heterocycles. The van der Waals surface area contributed by atoms with Crippen LogP contribution in [0.3, 0.4) is 0 Å². The van der Waals surface area contributed by atoms with Gasteiger partial charge in [0.1, 0.15) is 12.7 Å². The van der Waals surface area contributed by atoms with Crippen LogP contribution >= 0.6 is 0 Å². The van der Waals surface area contributed by atoms with Crippen molar-refractivity contribution in [3.8, 4) is 5.82 Å². The second-order valence-corrected chi connectivity index (χ2v) is 4.89. The van der Waals surface area contributed by atoms with E-state index < -0.39 is 0 Å². The van der Waals surface area contributed by atoms with Crippen LogP contribution in [-0.4, -0.2) is 37.0 Å². The van der Waals surface area contributed by atoms with Gasteiger partial charge in [-0.2, -0.15) is 5.10 Å². The van der Waals surface area contributed by atoms with Gasteiger partial charge in [-0.1, -0.05) is 0 Å². The number of rotatable bonds is 3. The van der Waals surface area contributed by atoms with Gasteiger partial charge in [-0.25, -0.2) is 14.6 Å². The van der Waals surface area contributed by atoms with E-state index in [4.69, 9.17) is 0 Å². The summed E-state index contributed by atoms with van der Waals surface area (Å²) in [6, 6.07) is 4.34. The Balaban J connectivity index is 1.63. The minimum atomic E-state index is -0.120. The minimum Gasteiger partial charge on any atom is -0.393 e. The first-order chi connectivity index (χ1) is 9.31. The molecular weight excluding hydrogens is 242 g/mol. The largest absolute Gasteiger partial charge is 0.393 e. The normalized spacial score (nSPS) is 23.2. The Bertz CT molecular complexity index is 502. The molecule has 2 aromatic rings. The lowest BCUT2D eigenvalue weighted by molar-refractivity contribution is 0.126. The van der Waals surface area contributed by atoms with E-state index in [1.165, 1.54) is 6.33 Å². The molecule has 6 nitrogen and oxygen atoms in total. The molecule has 0 bridgehead atoms. The second-order valence-electron chi connectivity index (χ2n) is 4.89. The molecule has 0 radical (unpaired) electrons. The van der Waals surface area contributed by atoms with Gasteiger partial charge in [0.05, 0.1) is 18.0 Å². The topological polar surface area (TPSA) is 75.9 Å². The number of pyridine rings is 1. The maximum absolute atomic E-state index is 9.48. The fourth-order valence-corrected chi connectivity index (χ4v) is 2.39. The van der Waals surface area contributed by atoms with Crippen LogP contribution in [0.1, 0.15) is 25.7 Å². The van der Waals surface area contributed by atoms with Gasteiger partial charge in [0.2, 0.25) is 0 Å². The molecule has 0 atom stereocenters. The van der Waals surface area contributed by atoms with Crippen molar-refractivity contribution < 1.29 is 5.11 Å². The standard InChI is InChI=1S/C13H17N5O/c19-12-4-1-10(2-5-12)17-11-3-6-13(15-7-11)18-9-14-8-16-18/h3,6-10,12,17,19H,1-2,4-5H2. The molecule has 1 saturated carbocycles. The number of nitrogens with one attached hydrogen (secondary N) is 1. The molecular formula is C13H17N5O. The fraction of sp³-hybridized carbons (Fsp3) is 0.462. The van der Waals surface area contributed by atoms with E-state index in [0.717, 1.165) is 37.2 Å². The fourth-order valence-electron chi connectivity index (χ4n) is 2.39. The number of nitrogens with zero attached hydrogens (tertiary/aromatic N) is 4. The van der Waals surface area contributed by atoms with Crippen molar-refractivity contribution in [1.29, 1.82) is 0 Å². The number of aromatic nitrogens is 4. The molecule has 2 N–H and O–H groups in total. The monoisotopic (exact) mass is 259 g/mol. The Morgan fingerprint density at radius 3 is 2.68 bits per heavy atom. The van der Waals surface area contributed by atoms with Crippen molar-refractivity contribution in [2.24, 2.45) is 0 Å². The van der Waals surface area contributed by atoms with Gasteiger partial charge in [0, 0.05) is 6.04 Å². The molecule has 0 aliphatic heterocycles. The van der Waals surface area contributed by atoms with Crippen molar-refractivity contribution in [3.05, 3.63) is 31.0 Å². The number of hydrogen-bond donors (Lipinski definition) is 2. The average molecular weight is 259 g/mol. The third kappa shape index (κ3) is 2.90. The van der Waals surface area contributed by atoms with Crippen molar-refractivity contribution >= 4 is 5.69 Å². The smallest absolute Gasteiger partial charge is 0.155 e. The van der Waals surface area contributed by atoms with E-state index in [9.17, 15) is 5.11 Å². The Morgan fingerprint density at radius 1 is 1.21 bits per heavy atom. The summed E-state index contributed by atoms with van der Waals surface area (Å²) < 4.78 is 1.63. The maximum Gasteiger partial charge on any atom is 0.155 e. The molecule has 2 heterocycles. The third-order valence-corrected chi connectivity index (χ3v) is 3.47. The first-order valence-corrected chi connectivity index (χ1v) is 6.57. The first kappa shape index (κ1) is 12.1. The van der Waals surface area contributed by atoms with Crippen LogP contribution in [0.5, 0.6) is 0 Å². The van der Waals surface area contributed by atoms with E-state index in [2.05, 4.69) is 20.4 Å². The number of aliphatic hydroxyl groups excluding tert-OH is 1. The molecule has 0 unspecified atom stereocenters. The number of anilines is 1. The summed E-state index contributed by atoms with van der Waals surface area (Å²) in [5.74, 6) is 0.752. The van der Waals surface area contributed by atoms with Crippen molar-refractivity contribution in [3.63, 3.8) is 0 Å². The average Bonchev–Trinajstić information content (AvgIpc) is 2.96. The van der Waals surface area contributed by atoms with Gasteiger partial charge in [-0.05, 0) is 37.8 Å². The van der Waals surface area contributed by atoms with Crippen molar-refractivity contribution in [2.45, 2.75) is 37.8 Å². The van der Waals surface area contributed by atoms with Crippen LogP contribution in [0.15, 0.2) is 31.0 Å². The molecule has 100 valence electrons. The summed E-state index contributed by atoms with van der Waals surface area (Å²) in [7, 11) is 0. The SMILES string of the molecule is OC1CCC(Nc2ccc(-n3cncn3)nc2)CC1. The van der Waals surface area contributed by atoms with Crippen LogP contribution in [0.25, 0.3) is 5.82 Å². The Labute approximate surface area is 111 Å². The Kier molecular flexibility index (Phi) is 3.41. The quantitative estimate of drug-likeness (QED) is 0.871. The lowest BCUT2D eigenvalue weighted by Crippen LogP contribution is -2.28. The summed E-state index contributed by atoms with van der Waals surface area (Å²) in [5.41, 5.74) is 1.00. The molecule has 0 amide bonds. The van der Waals surface area contributed by atoms with Gasteiger partial charge in [0.15, 0.2) is 5.82 Å². The van der Waals surface area contributed by atoms with Gasteiger partial charge in [-0.15, -0.1) is 0 Å². The van der Waals surface area contributed by atoms with E-state index in [1.807, 2.05) is 18.3 Å². The molecule has 0 aromatic carbocycles. The summed E-state index contributed by atoms with van der Waals surface area (Å²) in [6.07, 6.45) is 8.56. The molecule has 19 heavy (non-hydrogen) atoms. The van der Waals surface area contributed by atoms with E-state index >= 15 is 0 Å². The zero-order valence-corrected chi connectivity index (χ0v) is 10.6. The molecule has 6 heteroatoms. The van der Waals surface area contributed by atoms with Crippen LogP contribution in [0, 0.1) is 0 Å². The molecule has 3 rings (SSSR count). The van der Waals surface area contributed by atoms with Gasteiger partial charge in [-0.3, -0.25) is 0 Å². The number of aliphatic hydroxyl groups is 1. The molecule has 1 aliphatic carbocycles. The molecule has 1 aliphatic rings. The molecule has 1 fully saturated rings. The van der Waals surface area contributed by atoms with Crippen LogP contribution in [0.4, 0.5) is 5.69 Å². The summed E-state index contributed by atoms with van der Waals surface area (Å²) >= 11 is 0. The zero-order chi connectivity index (χ0) is 13.1. The third-order valence-electron chi connectivity index (χ3n) is 3.47. The lowest BCUT2D eigenvalue weighted by Gasteiger charge is -2.26. The van der Waals surface area contributed by atoms with Gasteiger partial charge in [0.25, 0.3) is 0 Å². The summed E-state index contributed by atoms with van der Waals surface area (Å²) in [5, 5.41) is 17.0. The Hall–Kier alpha value is -1.95. The highest BCUT2D eigenvalue weighted by atomic mass is 16.3. The summed E-state index contributed by atoms with van der Waals surface area (Å²) in [6.45, 7) is 0. The number of hydrogen-bond acceptors (Lipinski definition) is 5. The van der Waals surface area contributed by atoms with Crippen molar-refractivity contribution in [2.75, 3.05) is 5.32 Å². The van der Waals surface area contributed by atoms with Crippen LogP contribution in [0.2, 0.25) is 0 Å². The second kappa shape index (κ2) is 5.36. The molecule has 2 aromatic heterocycles. The predicted molar refractivity (Wildman–Crippen MR) is 71.0 cm³/mol. The molecule has 0 spiro atoms. The summed E-state index contributed by atoms with van der Waals surface area (Å²) in [4.78, 5) is 8.24. The van der Waals surface area contributed by atoms with E-state index in [0.29, 0.717) is 6.04 Å². The van der Waals surface area contributed by atoms with E-state index in [1.54, 1.807) is 11.0 Å². The Morgan fingerprint density at radius 2 is 2.05 bits per heavy atom. The van der Waals surface area contributed by atoms with E-state index in [-0.39, 0.29) is 6.10 Å². The highest BCUT2D eigenvalue weighted by molar-refractivity contribution is 5.44. The predicted octanol–water partition coefficient (Wildman–Crippen LogP) is 1.38. The highest BCUT2D eigenvalue weighted by Crippen LogP contribution is 2.22. The minimum absolute atomic E-state index is 0.120. The van der Waals surface area contributed by atoms with Crippen LogP contribution < -0.4 is 5.32 Å². The zero-order valence-electron chi connectivity index (χ0n) is 10.6. The lowest BCUT2D eigenvalue weighted by atomic mass is 9.93. The van der Waals surface area contributed by atoms with Gasteiger partial charge < -0.3 is 10.4 Å².